The molecule has 1 N–H and O–H groups in total. The number of likely N-dealkylation sites (N-methyl/N-ethyl adjacent to an activating group) is 1. The van der Waals surface area contributed by atoms with Crippen LogP contribution in [0.5, 0.6) is 0 Å². The Kier molecular flexibility index (Phi) is 8.47. The fourth-order valence-corrected chi connectivity index (χ4v) is 2.07. The van der Waals surface area contributed by atoms with E-state index in [1.807, 2.05) is 0 Å². The summed E-state index contributed by atoms with van der Waals surface area (Å²) in [5.41, 5.74) is 1.40. The van der Waals surface area contributed by atoms with E-state index >= 15 is 0 Å². The van der Waals surface area contributed by atoms with Gasteiger partial charge in [0.25, 0.3) is 0 Å². The molecule has 0 aliphatic carbocycles. The standard InChI is InChI=1S/C16H29N3/c1-4-19(15-16-9-6-5-7-10-16)14-12-17-11-8-13-18(2)3/h5-7,9-10,17H,4,8,11-15H2,1-3H3. The fourth-order valence-electron chi connectivity index (χ4n) is 2.07. The van der Waals surface area contributed by atoms with Gasteiger partial charge in [-0.1, -0.05) is 37.3 Å². The molecule has 0 amide bonds. The summed E-state index contributed by atoms with van der Waals surface area (Å²) in [5, 5.41) is 3.52. The van der Waals surface area contributed by atoms with Gasteiger partial charge < -0.3 is 10.2 Å². The van der Waals surface area contributed by atoms with Crippen LogP contribution in [0.3, 0.4) is 0 Å². The maximum atomic E-state index is 3.52. The Hall–Kier alpha value is -0.900. The molecule has 0 spiro atoms. The lowest BCUT2D eigenvalue weighted by Crippen LogP contribution is -2.32. The molecule has 0 radical (unpaired) electrons. The van der Waals surface area contributed by atoms with Crippen LogP contribution in [-0.2, 0) is 6.54 Å². The van der Waals surface area contributed by atoms with E-state index in [4.69, 9.17) is 0 Å². The third-order valence-corrected chi connectivity index (χ3v) is 3.26. The molecule has 0 atom stereocenters. The molecule has 0 fully saturated rings. The van der Waals surface area contributed by atoms with Gasteiger partial charge in [-0.25, -0.2) is 0 Å². The van der Waals surface area contributed by atoms with Crippen molar-refractivity contribution in [2.75, 3.05) is 46.8 Å². The third-order valence-electron chi connectivity index (χ3n) is 3.26. The van der Waals surface area contributed by atoms with Gasteiger partial charge in [0.15, 0.2) is 0 Å². The minimum Gasteiger partial charge on any atom is -0.315 e. The lowest BCUT2D eigenvalue weighted by Gasteiger charge is -2.20. The maximum Gasteiger partial charge on any atom is 0.0234 e. The van der Waals surface area contributed by atoms with Gasteiger partial charge in [0.2, 0.25) is 0 Å². The second-order valence-electron chi connectivity index (χ2n) is 5.26. The van der Waals surface area contributed by atoms with Gasteiger partial charge in [-0.2, -0.15) is 0 Å². The van der Waals surface area contributed by atoms with Crippen molar-refractivity contribution in [1.82, 2.24) is 15.1 Å². The smallest absolute Gasteiger partial charge is 0.0234 e. The Labute approximate surface area is 118 Å². The number of hydrogen-bond acceptors (Lipinski definition) is 3. The van der Waals surface area contributed by atoms with Crippen LogP contribution in [0.2, 0.25) is 0 Å². The van der Waals surface area contributed by atoms with Crippen LogP contribution in [0.25, 0.3) is 0 Å². The monoisotopic (exact) mass is 263 g/mol. The van der Waals surface area contributed by atoms with E-state index in [1.54, 1.807) is 0 Å². The Morgan fingerprint density at radius 2 is 1.74 bits per heavy atom. The summed E-state index contributed by atoms with van der Waals surface area (Å²) in [6.07, 6.45) is 1.22. The molecule has 1 aromatic rings. The van der Waals surface area contributed by atoms with Gasteiger partial charge in [0.05, 0.1) is 0 Å². The summed E-state index contributed by atoms with van der Waals surface area (Å²) < 4.78 is 0. The summed E-state index contributed by atoms with van der Waals surface area (Å²) in [7, 11) is 4.25. The third kappa shape index (κ3) is 7.98. The molecule has 0 saturated heterocycles. The van der Waals surface area contributed by atoms with Gasteiger partial charge in [-0.3, -0.25) is 4.90 Å². The normalized spacial score (nSPS) is 11.4. The van der Waals surface area contributed by atoms with E-state index in [-0.39, 0.29) is 0 Å². The van der Waals surface area contributed by atoms with Crippen LogP contribution in [0.15, 0.2) is 30.3 Å². The van der Waals surface area contributed by atoms with E-state index in [0.29, 0.717) is 0 Å². The van der Waals surface area contributed by atoms with E-state index in [2.05, 4.69) is 66.5 Å². The number of nitrogens with zero attached hydrogens (tertiary/aromatic N) is 2. The van der Waals surface area contributed by atoms with Crippen LogP contribution in [0.4, 0.5) is 0 Å². The second-order valence-corrected chi connectivity index (χ2v) is 5.26. The molecule has 0 aromatic heterocycles. The van der Waals surface area contributed by atoms with Crippen molar-refractivity contribution in [2.24, 2.45) is 0 Å². The molecule has 0 aliphatic heterocycles. The topological polar surface area (TPSA) is 18.5 Å². The van der Waals surface area contributed by atoms with E-state index in [0.717, 1.165) is 39.3 Å². The number of rotatable bonds is 10. The minimum absolute atomic E-state index is 1.05. The summed E-state index contributed by atoms with van der Waals surface area (Å²) >= 11 is 0. The molecule has 3 nitrogen and oxygen atoms in total. The lowest BCUT2D eigenvalue weighted by molar-refractivity contribution is 0.278. The molecular formula is C16H29N3. The molecule has 1 rings (SSSR count). The Morgan fingerprint density at radius 1 is 1.00 bits per heavy atom. The van der Waals surface area contributed by atoms with Gasteiger partial charge in [0.1, 0.15) is 0 Å². The van der Waals surface area contributed by atoms with E-state index in [1.165, 1.54) is 12.0 Å². The van der Waals surface area contributed by atoms with Gasteiger partial charge in [-0.05, 0) is 45.7 Å². The van der Waals surface area contributed by atoms with Gasteiger partial charge in [-0.15, -0.1) is 0 Å². The van der Waals surface area contributed by atoms with Gasteiger partial charge in [0, 0.05) is 19.6 Å². The van der Waals surface area contributed by atoms with Crippen molar-refractivity contribution < 1.29 is 0 Å². The first-order valence-electron chi connectivity index (χ1n) is 7.34. The first-order valence-corrected chi connectivity index (χ1v) is 7.34. The summed E-state index contributed by atoms with van der Waals surface area (Å²) in [6, 6.07) is 10.7. The molecule has 0 aliphatic rings. The first kappa shape index (κ1) is 16.2. The molecule has 108 valence electrons. The minimum atomic E-state index is 1.05. The highest BCUT2D eigenvalue weighted by Crippen LogP contribution is 2.03. The molecule has 0 bridgehead atoms. The van der Waals surface area contributed by atoms with E-state index in [9.17, 15) is 0 Å². The van der Waals surface area contributed by atoms with Crippen LogP contribution in [0, 0.1) is 0 Å². The Morgan fingerprint density at radius 3 is 2.37 bits per heavy atom. The highest BCUT2D eigenvalue weighted by Gasteiger charge is 2.02. The van der Waals surface area contributed by atoms with Crippen LogP contribution in [-0.4, -0.2) is 56.6 Å². The maximum absolute atomic E-state index is 3.52. The second kappa shape index (κ2) is 9.96. The van der Waals surface area contributed by atoms with Crippen molar-refractivity contribution in [2.45, 2.75) is 19.9 Å². The van der Waals surface area contributed by atoms with Crippen molar-refractivity contribution in [1.29, 1.82) is 0 Å². The molecular weight excluding hydrogens is 234 g/mol. The molecule has 0 heterocycles. The predicted octanol–water partition coefficient (Wildman–Crippen LogP) is 2.05. The summed E-state index contributed by atoms with van der Waals surface area (Å²) in [6.45, 7) is 8.86. The quantitative estimate of drug-likeness (QED) is 0.652. The number of benzene rings is 1. The molecule has 19 heavy (non-hydrogen) atoms. The fraction of sp³-hybridized carbons (Fsp3) is 0.625. The molecule has 0 saturated carbocycles. The molecule has 0 unspecified atom stereocenters. The van der Waals surface area contributed by atoms with Gasteiger partial charge >= 0.3 is 0 Å². The zero-order valence-corrected chi connectivity index (χ0v) is 12.7. The summed E-state index contributed by atoms with van der Waals surface area (Å²) in [5.74, 6) is 0. The van der Waals surface area contributed by atoms with Crippen molar-refractivity contribution in [3.05, 3.63) is 35.9 Å². The molecule has 1 aromatic carbocycles. The van der Waals surface area contributed by atoms with E-state index < -0.39 is 0 Å². The van der Waals surface area contributed by atoms with Crippen molar-refractivity contribution >= 4 is 0 Å². The SMILES string of the molecule is CCN(CCNCCCN(C)C)Cc1ccccc1. The highest BCUT2D eigenvalue weighted by atomic mass is 15.1. The highest BCUT2D eigenvalue weighted by molar-refractivity contribution is 5.14. The Balaban J connectivity index is 2.12. The number of hydrogen-bond donors (Lipinski definition) is 1. The average Bonchev–Trinajstić information content (AvgIpc) is 2.42. The zero-order chi connectivity index (χ0) is 13.9. The van der Waals surface area contributed by atoms with Crippen LogP contribution in [0.1, 0.15) is 18.9 Å². The summed E-state index contributed by atoms with van der Waals surface area (Å²) in [4.78, 5) is 4.71. The van der Waals surface area contributed by atoms with Crippen LogP contribution >= 0.6 is 0 Å². The van der Waals surface area contributed by atoms with Crippen molar-refractivity contribution in [3.63, 3.8) is 0 Å². The average molecular weight is 263 g/mol. The van der Waals surface area contributed by atoms with Crippen LogP contribution < -0.4 is 5.32 Å². The van der Waals surface area contributed by atoms with Crippen molar-refractivity contribution in [3.8, 4) is 0 Å². The number of nitrogens with one attached hydrogen (secondary N) is 1. The predicted molar refractivity (Wildman–Crippen MR) is 83.4 cm³/mol. The Bertz CT molecular complexity index is 311. The largest absolute Gasteiger partial charge is 0.315 e. The lowest BCUT2D eigenvalue weighted by atomic mass is 10.2. The first-order chi connectivity index (χ1) is 9.22. The molecule has 3 heteroatoms. The zero-order valence-electron chi connectivity index (χ0n) is 12.7.